The summed E-state index contributed by atoms with van der Waals surface area (Å²) < 4.78 is 27.6. The molecule has 0 heterocycles. The smallest absolute Gasteiger partial charge is 0.264 e. The number of nitrogens with one attached hydrogen (secondary N) is 1. The molecule has 3 aromatic carbocycles. The summed E-state index contributed by atoms with van der Waals surface area (Å²) in [5, 5.41) is 2.99. The van der Waals surface area contributed by atoms with Gasteiger partial charge in [-0.2, -0.15) is 0 Å². The molecular formula is C25H28N2O3S2. The van der Waals surface area contributed by atoms with E-state index in [4.69, 9.17) is 0 Å². The molecule has 0 saturated heterocycles. The average Bonchev–Trinajstić information content (AvgIpc) is 2.80. The molecule has 0 spiro atoms. The molecular weight excluding hydrogens is 440 g/mol. The quantitative estimate of drug-likeness (QED) is 0.448. The van der Waals surface area contributed by atoms with Gasteiger partial charge in [-0.05, 0) is 81.1 Å². The van der Waals surface area contributed by atoms with E-state index in [1.807, 2.05) is 44.4 Å². The van der Waals surface area contributed by atoms with Gasteiger partial charge in [-0.25, -0.2) is 8.42 Å². The summed E-state index contributed by atoms with van der Waals surface area (Å²) in [6, 6.07) is 21.4. The van der Waals surface area contributed by atoms with Crippen LogP contribution in [0.25, 0.3) is 0 Å². The maximum atomic E-state index is 13.1. The summed E-state index contributed by atoms with van der Waals surface area (Å²) >= 11 is 1.56. The number of nitrogens with zero attached hydrogens (tertiary/aromatic N) is 1. The summed E-state index contributed by atoms with van der Waals surface area (Å²) in [5.74, 6) is -0.205. The second-order valence-electron chi connectivity index (χ2n) is 7.50. The van der Waals surface area contributed by atoms with Gasteiger partial charge in [-0.1, -0.05) is 29.8 Å². The van der Waals surface area contributed by atoms with E-state index in [1.54, 1.807) is 67.2 Å². The van der Waals surface area contributed by atoms with Crippen LogP contribution in [-0.2, 0) is 10.0 Å². The molecule has 0 aliphatic heterocycles. The highest BCUT2D eigenvalue weighted by atomic mass is 32.2. The maximum Gasteiger partial charge on any atom is 0.264 e. The Bertz CT molecular complexity index is 1160. The van der Waals surface area contributed by atoms with Crippen molar-refractivity contribution in [3.05, 3.63) is 89.5 Å². The van der Waals surface area contributed by atoms with Crippen molar-refractivity contribution in [2.45, 2.75) is 36.6 Å². The first-order valence-corrected chi connectivity index (χ1v) is 13.1. The average molecular weight is 469 g/mol. The van der Waals surface area contributed by atoms with Crippen LogP contribution in [0.1, 0.15) is 41.4 Å². The predicted molar refractivity (Wildman–Crippen MR) is 132 cm³/mol. The van der Waals surface area contributed by atoms with Crippen molar-refractivity contribution < 1.29 is 13.2 Å². The molecule has 3 rings (SSSR count). The normalized spacial score (nSPS) is 12.2. The summed E-state index contributed by atoms with van der Waals surface area (Å²) in [7, 11) is -3.70. The molecule has 0 aliphatic rings. The summed E-state index contributed by atoms with van der Waals surface area (Å²) in [6.07, 6.45) is 1.95. The zero-order valence-electron chi connectivity index (χ0n) is 18.7. The number of benzene rings is 3. The van der Waals surface area contributed by atoms with Crippen molar-refractivity contribution >= 4 is 33.4 Å². The Kier molecular flexibility index (Phi) is 7.64. The molecule has 3 aromatic rings. The number of carbonyl (C=O) groups excluding carboxylic acids is 1. The lowest BCUT2D eigenvalue weighted by Crippen LogP contribution is -2.31. The Labute approximate surface area is 194 Å². The number of hydrogen-bond acceptors (Lipinski definition) is 4. The molecule has 5 nitrogen and oxygen atoms in total. The molecule has 7 heteroatoms. The van der Waals surface area contributed by atoms with Crippen LogP contribution in [0.2, 0.25) is 0 Å². The Morgan fingerprint density at radius 2 is 1.56 bits per heavy atom. The fraction of sp³-hybridized carbons (Fsp3) is 0.240. The van der Waals surface area contributed by atoms with Gasteiger partial charge < -0.3 is 5.32 Å². The molecule has 32 heavy (non-hydrogen) atoms. The van der Waals surface area contributed by atoms with E-state index in [1.165, 1.54) is 9.87 Å². The first-order valence-electron chi connectivity index (χ1n) is 10.4. The van der Waals surface area contributed by atoms with E-state index in [9.17, 15) is 13.2 Å². The van der Waals surface area contributed by atoms with E-state index >= 15 is 0 Å². The van der Waals surface area contributed by atoms with Gasteiger partial charge in [0.05, 0.1) is 16.6 Å². The van der Waals surface area contributed by atoms with Crippen LogP contribution in [-0.4, -0.2) is 27.1 Å². The predicted octanol–water partition coefficient (Wildman–Crippen LogP) is 5.42. The minimum atomic E-state index is -3.70. The van der Waals surface area contributed by atoms with Gasteiger partial charge in [0.2, 0.25) is 0 Å². The first kappa shape index (κ1) is 23.9. The van der Waals surface area contributed by atoms with Crippen molar-refractivity contribution in [1.29, 1.82) is 0 Å². The van der Waals surface area contributed by atoms with Gasteiger partial charge >= 0.3 is 0 Å². The zero-order chi connectivity index (χ0) is 23.3. The van der Waals surface area contributed by atoms with E-state index < -0.39 is 10.0 Å². The van der Waals surface area contributed by atoms with Crippen molar-refractivity contribution in [3.63, 3.8) is 0 Å². The highest BCUT2D eigenvalue weighted by Gasteiger charge is 2.24. The molecule has 0 fully saturated rings. The lowest BCUT2D eigenvalue weighted by molar-refractivity contribution is 0.0940. The van der Waals surface area contributed by atoms with Crippen LogP contribution >= 0.6 is 11.8 Å². The molecule has 1 amide bonds. The van der Waals surface area contributed by atoms with Gasteiger partial charge in [0.15, 0.2) is 0 Å². The summed E-state index contributed by atoms with van der Waals surface area (Å²) in [6.45, 7) is 6.03. The zero-order valence-corrected chi connectivity index (χ0v) is 20.3. The number of amides is 1. The molecule has 1 N–H and O–H groups in total. The Hall–Kier alpha value is -2.77. The molecule has 0 saturated carbocycles. The van der Waals surface area contributed by atoms with Crippen LogP contribution in [0.3, 0.4) is 0 Å². The third-order valence-corrected chi connectivity index (χ3v) is 7.94. The topological polar surface area (TPSA) is 66.5 Å². The molecule has 0 aromatic heterocycles. The van der Waals surface area contributed by atoms with Gasteiger partial charge in [-0.15, -0.1) is 11.8 Å². The molecule has 0 aliphatic carbocycles. The second kappa shape index (κ2) is 10.2. The summed E-state index contributed by atoms with van der Waals surface area (Å²) in [4.78, 5) is 13.9. The van der Waals surface area contributed by atoms with Gasteiger partial charge in [-0.3, -0.25) is 9.10 Å². The van der Waals surface area contributed by atoms with Crippen LogP contribution < -0.4 is 9.62 Å². The third-order valence-electron chi connectivity index (χ3n) is 5.28. The van der Waals surface area contributed by atoms with Crippen LogP contribution in [0.4, 0.5) is 5.69 Å². The number of anilines is 1. The van der Waals surface area contributed by atoms with E-state index in [0.717, 1.165) is 10.5 Å². The second-order valence-corrected chi connectivity index (χ2v) is 10.2. The molecule has 0 radical (unpaired) electrons. The highest BCUT2D eigenvalue weighted by molar-refractivity contribution is 7.98. The highest BCUT2D eigenvalue weighted by Crippen LogP contribution is 2.26. The number of hydrogen-bond donors (Lipinski definition) is 1. The van der Waals surface area contributed by atoms with Crippen LogP contribution in [0.15, 0.2) is 82.6 Å². The largest absolute Gasteiger partial charge is 0.346 e. The fourth-order valence-electron chi connectivity index (χ4n) is 3.36. The Morgan fingerprint density at radius 1 is 0.969 bits per heavy atom. The molecule has 168 valence electrons. The van der Waals surface area contributed by atoms with E-state index in [-0.39, 0.29) is 23.4 Å². The maximum absolute atomic E-state index is 13.1. The fourth-order valence-corrected chi connectivity index (χ4v) is 5.25. The number of aryl methyl sites for hydroxylation is 1. The minimum Gasteiger partial charge on any atom is -0.346 e. The standard InChI is InChI=1S/C25H28N2O3S2/c1-5-27(32(29,30)24-16-14-23(31-4)15-17-24)22-12-10-21(11-13-22)25(28)26-19(3)20-8-6-18(2)7-9-20/h6-17,19H,5H2,1-4H3,(H,26,28)/t19-/m1/s1. The molecule has 0 bridgehead atoms. The lowest BCUT2D eigenvalue weighted by Gasteiger charge is -2.23. The van der Waals surface area contributed by atoms with Crippen molar-refractivity contribution in [2.24, 2.45) is 0 Å². The summed E-state index contributed by atoms with van der Waals surface area (Å²) in [5.41, 5.74) is 3.19. The third kappa shape index (κ3) is 5.34. The first-order chi connectivity index (χ1) is 15.3. The van der Waals surface area contributed by atoms with Gasteiger partial charge in [0, 0.05) is 17.0 Å². The number of thioether (sulfide) groups is 1. The molecule has 0 unspecified atom stereocenters. The van der Waals surface area contributed by atoms with Crippen LogP contribution in [0.5, 0.6) is 0 Å². The number of rotatable bonds is 8. The molecule has 1 atom stereocenters. The van der Waals surface area contributed by atoms with Gasteiger partial charge in [0.25, 0.3) is 15.9 Å². The van der Waals surface area contributed by atoms with Crippen molar-refractivity contribution in [3.8, 4) is 0 Å². The van der Waals surface area contributed by atoms with E-state index in [2.05, 4.69) is 5.32 Å². The SMILES string of the molecule is CCN(c1ccc(C(=O)N[C@H](C)c2ccc(C)cc2)cc1)S(=O)(=O)c1ccc(SC)cc1. The van der Waals surface area contributed by atoms with Crippen LogP contribution in [0, 0.1) is 6.92 Å². The number of carbonyl (C=O) groups is 1. The van der Waals surface area contributed by atoms with Gasteiger partial charge in [0.1, 0.15) is 0 Å². The van der Waals surface area contributed by atoms with Crippen molar-refractivity contribution in [1.82, 2.24) is 5.32 Å². The van der Waals surface area contributed by atoms with Crippen molar-refractivity contribution in [2.75, 3.05) is 17.1 Å². The minimum absolute atomic E-state index is 0.139. The Morgan fingerprint density at radius 3 is 2.09 bits per heavy atom. The Balaban J connectivity index is 1.76. The lowest BCUT2D eigenvalue weighted by atomic mass is 10.1. The number of sulfonamides is 1. The monoisotopic (exact) mass is 468 g/mol. The van der Waals surface area contributed by atoms with E-state index in [0.29, 0.717) is 11.3 Å².